The summed E-state index contributed by atoms with van der Waals surface area (Å²) in [5.41, 5.74) is 1.53. The van der Waals surface area contributed by atoms with E-state index in [0.29, 0.717) is 48.7 Å². The lowest BCUT2D eigenvalue weighted by molar-refractivity contribution is 0.102. The summed E-state index contributed by atoms with van der Waals surface area (Å²) < 4.78 is 32.2. The molecule has 0 unspecified atom stereocenters. The quantitative estimate of drug-likeness (QED) is 0.683. The average Bonchev–Trinajstić information content (AvgIpc) is 3.00. The number of carbonyl (C=O) groups is 2. The molecule has 1 N–H and O–H groups in total. The number of rotatable bonds is 4. The summed E-state index contributed by atoms with van der Waals surface area (Å²) in [5, 5.41) is 12.9. The van der Waals surface area contributed by atoms with E-state index in [1.165, 1.54) is 47.0 Å². The van der Waals surface area contributed by atoms with E-state index in [0.717, 1.165) is 36.1 Å². The van der Waals surface area contributed by atoms with Gasteiger partial charge in [0.05, 0.1) is 24.1 Å². The topological polar surface area (TPSA) is 120 Å². The monoisotopic (exact) mass is 502 g/mol. The molecule has 0 bridgehead atoms. The van der Waals surface area contributed by atoms with E-state index < -0.39 is 22.0 Å². The van der Waals surface area contributed by atoms with Gasteiger partial charge in [0.15, 0.2) is 0 Å². The molecular weight excluding hydrogens is 476 g/mol. The summed E-state index contributed by atoms with van der Waals surface area (Å²) in [6.45, 7) is 1.78. The molecule has 0 aliphatic carbocycles. The first-order chi connectivity index (χ1) is 16.3. The maximum absolute atomic E-state index is 13.0. The molecule has 0 atom stereocenters. The van der Waals surface area contributed by atoms with Gasteiger partial charge in [-0.1, -0.05) is 12.8 Å². The van der Waals surface area contributed by atoms with Crippen LogP contribution in [-0.2, 0) is 27.7 Å². The van der Waals surface area contributed by atoms with Crippen molar-refractivity contribution >= 4 is 38.4 Å². The normalized spacial score (nSPS) is 16.8. The van der Waals surface area contributed by atoms with Crippen molar-refractivity contribution in [3.8, 4) is 6.07 Å². The lowest BCUT2D eigenvalue weighted by Gasteiger charge is -2.25. The SMILES string of the molecule is COC(=O)N1CCc2c(sc(NC(=O)c3ccc(S(=O)(=O)N4CCCCCC4)cc3)c2C#N)C1. The highest BCUT2D eigenvalue weighted by Crippen LogP contribution is 2.37. The molecule has 3 heterocycles. The maximum Gasteiger partial charge on any atom is 0.409 e. The van der Waals surface area contributed by atoms with Crippen LogP contribution in [0.25, 0.3) is 0 Å². The van der Waals surface area contributed by atoms with Crippen LogP contribution in [0, 0.1) is 11.3 Å². The number of sulfonamides is 1. The third-order valence-electron chi connectivity index (χ3n) is 6.15. The lowest BCUT2D eigenvalue weighted by atomic mass is 10.0. The van der Waals surface area contributed by atoms with E-state index in [4.69, 9.17) is 4.74 Å². The molecule has 2 aliphatic rings. The second-order valence-corrected chi connectivity index (χ2v) is 11.3. The number of benzene rings is 1. The minimum Gasteiger partial charge on any atom is -0.453 e. The summed E-state index contributed by atoms with van der Waals surface area (Å²) in [6.07, 6.45) is 3.83. The van der Waals surface area contributed by atoms with Crippen molar-refractivity contribution < 1.29 is 22.7 Å². The molecule has 180 valence electrons. The number of hydrogen-bond acceptors (Lipinski definition) is 7. The molecule has 4 rings (SSSR count). The van der Waals surface area contributed by atoms with Gasteiger partial charge in [0.2, 0.25) is 10.0 Å². The number of ether oxygens (including phenoxy) is 1. The molecular formula is C23H26N4O5S2. The van der Waals surface area contributed by atoms with E-state index in [1.807, 2.05) is 0 Å². The Morgan fingerprint density at radius 3 is 2.38 bits per heavy atom. The Hall–Kier alpha value is -2.94. The Kier molecular flexibility index (Phi) is 7.21. The van der Waals surface area contributed by atoms with Gasteiger partial charge in [-0.3, -0.25) is 4.79 Å². The molecule has 0 saturated carbocycles. The van der Waals surface area contributed by atoms with Crippen LogP contribution in [-0.4, -0.2) is 56.4 Å². The third kappa shape index (κ3) is 4.80. The average molecular weight is 503 g/mol. The summed E-state index contributed by atoms with van der Waals surface area (Å²) >= 11 is 1.26. The number of nitriles is 1. The fourth-order valence-electron chi connectivity index (χ4n) is 4.28. The highest BCUT2D eigenvalue weighted by molar-refractivity contribution is 7.89. The number of hydrogen-bond donors (Lipinski definition) is 1. The van der Waals surface area contributed by atoms with Gasteiger partial charge < -0.3 is 15.0 Å². The van der Waals surface area contributed by atoms with Gasteiger partial charge in [-0.05, 0) is 49.1 Å². The van der Waals surface area contributed by atoms with E-state index in [-0.39, 0.29) is 4.90 Å². The van der Waals surface area contributed by atoms with Gasteiger partial charge in [0.1, 0.15) is 11.1 Å². The Morgan fingerprint density at radius 1 is 1.09 bits per heavy atom. The number of anilines is 1. The highest BCUT2D eigenvalue weighted by atomic mass is 32.2. The van der Waals surface area contributed by atoms with Crippen molar-refractivity contribution in [1.29, 1.82) is 5.26 Å². The number of amides is 2. The van der Waals surface area contributed by atoms with Gasteiger partial charge in [0, 0.05) is 30.1 Å². The Bertz CT molecular complexity index is 1220. The second-order valence-electron chi connectivity index (χ2n) is 8.26. The molecule has 9 nitrogen and oxygen atoms in total. The minimum absolute atomic E-state index is 0.165. The molecule has 1 saturated heterocycles. The van der Waals surface area contributed by atoms with E-state index in [2.05, 4.69) is 11.4 Å². The van der Waals surface area contributed by atoms with Crippen molar-refractivity contribution in [3.63, 3.8) is 0 Å². The first-order valence-electron chi connectivity index (χ1n) is 11.1. The summed E-state index contributed by atoms with van der Waals surface area (Å²) in [5.74, 6) is -0.432. The molecule has 1 aromatic heterocycles. The number of nitrogens with one attached hydrogen (secondary N) is 1. The standard InChI is InChI=1S/C23H26N4O5S2/c1-32-23(29)26-13-10-18-19(14-24)22(33-20(18)15-26)25-21(28)16-6-8-17(9-7-16)34(30,31)27-11-4-2-3-5-12-27/h6-9H,2-5,10-13,15H2,1H3,(H,25,28). The highest BCUT2D eigenvalue weighted by Gasteiger charge is 2.29. The van der Waals surface area contributed by atoms with E-state index in [9.17, 15) is 23.3 Å². The number of methoxy groups -OCH3 is 1. The lowest BCUT2D eigenvalue weighted by Crippen LogP contribution is -2.35. The van der Waals surface area contributed by atoms with Crippen LogP contribution in [0.3, 0.4) is 0 Å². The second kappa shape index (κ2) is 10.1. The Balaban J connectivity index is 1.50. The predicted molar refractivity (Wildman–Crippen MR) is 127 cm³/mol. The summed E-state index contributed by atoms with van der Waals surface area (Å²) in [7, 11) is -2.27. The number of carbonyl (C=O) groups excluding carboxylic acids is 2. The van der Waals surface area contributed by atoms with Gasteiger partial charge in [0.25, 0.3) is 5.91 Å². The third-order valence-corrected chi connectivity index (χ3v) is 9.19. The zero-order valence-corrected chi connectivity index (χ0v) is 20.5. The maximum atomic E-state index is 13.0. The molecule has 34 heavy (non-hydrogen) atoms. The van der Waals surface area contributed by atoms with Gasteiger partial charge in [-0.25, -0.2) is 13.2 Å². The van der Waals surface area contributed by atoms with Crippen molar-refractivity contribution in [2.75, 3.05) is 32.1 Å². The van der Waals surface area contributed by atoms with Gasteiger partial charge >= 0.3 is 6.09 Å². The molecule has 2 aromatic rings. The van der Waals surface area contributed by atoms with Crippen LogP contribution in [0.1, 0.15) is 52.0 Å². The minimum atomic E-state index is -3.60. The molecule has 0 radical (unpaired) electrons. The molecule has 1 fully saturated rings. The van der Waals surface area contributed by atoms with Crippen LogP contribution in [0.15, 0.2) is 29.2 Å². The molecule has 1 aromatic carbocycles. The first-order valence-corrected chi connectivity index (χ1v) is 13.4. The van der Waals surface area contributed by atoms with Crippen molar-refractivity contribution in [3.05, 3.63) is 45.8 Å². The van der Waals surface area contributed by atoms with Crippen LogP contribution >= 0.6 is 11.3 Å². The molecule has 11 heteroatoms. The number of thiophene rings is 1. The van der Waals surface area contributed by atoms with Crippen molar-refractivity contribution in [2.24, 2.45) is 0 Å². The summed E-state index contributed by atoms with van der Waals surface area (Å²) in [6, 6.07) is 8.04. The van der Waals surface area contributed by atoms with Crippen molar-refractivity contribution in [2.45, 2.75) is 43.5 Å². The van der Waals surface area contributed by atoms with Gasteiger partial charge in [-0.15, -0.1) is 11.3 Å². The van der Waals surface area contributed by atoms with Crippen LogP contribution in [0.2, 0.25) is 0 Å². The smallest absolute Gasteiger partial charge is 0.409 e. The van der Waals surface area contributed by atoms with Crippen molar-refractivity contribution in [1.82, 2.24) is 9.21 Å². The largest absolute Gasteiger partial charge is 0.453 e. The molecule has 2 amide bonds. The Labute approximate surface area is 203 Å². The summed E-state index contributed by atoms with van der Waals surface area (Å²) in [4.78, 5) is 27.3. The van der Waals surface area contributed by atoms with E-state index >= 15 is 0 Å². The van der Waals surface area contributed by atoms with Crippen LogP contribution in [0.4, 0.5) is 9.80 Å². The predicted octanol–water partition coefficient (Wildman–Crippen LogP) is 3.56. The molecule has 2 aliphatic heterocycles. The number of fused-ring (bicyclic) bond motifs is 1. The fraction of sp³-hybridized carbons (Fsp3) is 0.435. The zero-order valence-electron chi connectivity index (χ0n) is 18.9. The number of nitrogens with zero attached hydrogens (tertiary/aromatic N) is 3. The van der Waals surface area contributed by atoms with Gasteiger partial charge in [-0.2, -0.15) is 9.57 Å². The Morgan fingerprint density at radius 2 is 1.76 bits per heavy atom. The van der Waals surface area contributed by atoms with E-state index in [1.54, 1.807) is 4.90 Å². The van der Waals surface area contributed by atoms with Crippen LogP contribution < -0.4 is 5.32 Å². The molecule has 0 spiro atoms. The first kappa shape index (κ1) is 24.2. The van der Waals surface area contributed by atoms with Crippen LogP contribution in [0.5, 0.6) is 0 Å². The zero-order chi connectivity index (χ0) is 24.3. The fourth-order valence-corrected chi connectivity index (χ4v) is 7.01.